The van der Waals surface area contributed by atoms with Crippen molar-refractivity contribution in [1.82, 2.24) is 10.3 Å². The van der Waals surface area contributed by atoms with Crippen molar-refractivity contribution in [1.29, 1.82) is 0 Å². The third-order valence-electron chi connectivity index (χ3n) is 5.74. The van der Waals surface area contributed by atoms with E-state index in [1.165, 1.54) is 31.2 Å². The molecule has 4 atom stereocenters. The minimum Gasteiger partial charge on any atom is -0.304 e. The molecule has 2 heterocycles. The lowest BCUT2D eigenvalue weighted by Gasteiger charge is -2.26. The molecule has 1 aromatic rings. The molecule has 3 heteroatoms. The zero-order valence-electron chi connectivity index (χ0n) is 12.6. The van der Waals surface area contributed by atoms with Crippen molar-refractivity contribution in [3.05, 3.63) is 29.6 Å². The Kier molecular flexibility index (Phi) is 3.54. The van der Waals surface area contributed by atoms with Gasteiger partial charge in [0.05, 0.1) is 17.7 Å². The third-order valence-corrected chi connectivity index (χ3v) is 5.74. The van der Waals surface area contributed by atoms with Crippen LogP contribution < -0.4 is 5.32 Å². The largest absolute Gasteiger partial charge is 0.304 e. The summed E-state index contributed by atoms with van der Waals surface area (Å²) in [4.78, 5) is 17.5. The Hall–Kier alpha value is -1.22. The van der Waals surface area contributed by atoms with Crippen LogP contribution in [0.4, 0.5) is 0 Å². The second-order valence-electron chi connectivity index (χ2n) is 7.00. The van der Waals surface area contributed by atoms with Crippen LogP contribution in [0.25, 0.3) is 0 Å². The number of nitrogens with zero attached hydrogens (tertiary/aromatic N) is 1. The highest BCUT2D eigenvalue weighted by Gasteiger charge is 2.41. The molecule has 2 fully saturated rings. The van der Waals surface area contributed by atoms with Gasteiger partial charge in [-0.25, -0.2) is 0 Å². The van der Waals surface area contributed by atoms with E-state index in [1.807, 2.05) is 12.3 Å². The van der Waals surface area contributed by atoms with Gasteiger partial charge in [-0.1, -0.05) is 18.9 Å². The third kappa shape index (κ3) is 2.42. The Morgan fingerprint density at radius 3 is 3.00 bits per heavy atom. The zero-order valence-corrected chi connectivity index (χ0v) is 12.6. The topological polar surface area (TPSA) is 42.0 Å². The Morgan fingerprint density at radius 2 is 2.10 bits per heavy atom. The lowest BCUT2D eigenvalue weighted by molar-refractivity contribution is -0.122. The van der Waals surface area contributed by atoms with Crippen molar-refractivity contribution < 1.29 is 4.79 Å². The summed E-state index contributed by atoms with van der Waals surface area (Å²) in [5.41, 5.74) is 2.35. The van der Waals surface area contributed by atoms with Crippen LogP contribution in [-0.2, 0) is 11.2 Å². The molecule has 0 radical (unpaired) electrons. The van der Waals surface area contributed by atoms with Crippen molar-refractivity contribution in [2.75, 3.05) is 0 Å². The van der Waals surface area contributed by atoms with Crippen LogP contribution in [0.1, 0.15) is 62.1 Å². The van der Waals surface area contributed by atoms with E-state index in [4.69, 9.17) is 0 Å². The molecule has 1 saturated heterocycles. The second kappa shape index (κ2) is 5.53. The Morgan fingerprint density at radius 1 is 1.19 bits per heavy atom. The van der Waals surface area contributed by atoms with Gasteiger partial charge in [0.2, 0.25) is 0 Å². The second-order valence-corrected chi connectivity index (χ2v) is 7.00. The van der Waals surface area contributed by atoms with Gasteiger partial charge in [0.25, 0.3) is 0 Å². The number of aryl methyl sites for hydroxylation is 1. The first kappa shape index (κ1) is 13.4. The highest BCUT2D eigenvalue weighted by molar-refractivity contribution is 5.91. The maximum absolute atomic E-state index is 13.0. The van der Waals surface area contributed by atoms with E-state index in [0.717, 1.165) is 37.3 Å². The molecule has 3 nitrogen and oxygen atoms in total. The van der Waals surface area contributed by atoms with Crippen molar-refractivity contribution in [3.8, 4) is 0 Å². The molecular weight excluding hydrogens is 260 g/mol. The first-order valence-electron chi connectivity index (χ1n) is 8.56. The van der Waals surface area contributed by atoms with Gasteiger partial charge in [-0.2, -0.15) is 0 Å². The van der Waals surface area contributed by atoms with Crippen molar-refractivity contribution in [3.63, 3.8) is 0 Å². The molecule has 0 spiro atoms. The molecule has 1 saturated carbocycles. The van der Waals surface area contributed by atoms with Gasteiger partial charge in [-0.05, 0) is 56.1 Å². The molecule has 1 aliphatic heterocycles. The summed E-state index contributed by atoms with van der Waals surface area (Å²) in [5, 5.41) is 3.64. The molecule has 112 valence electrons. The summed E-state index contributed by atoms with van der Waals surface area (Å²) >= 11 is 0. The number of rotatable bonds is 2. The monoisotopic (exact) mass is 284 g/mol. The van der Waals surface area contributed by atoms with E-state index in [-0.39, 0.29) is 12.0 Å². The fraction of sp³-hybridized carbons (Fsp3) is 0.667. The molecule has 4 unspecified atom stereocenters. The lowest BCUT2D eigenvalue weighted by atomic mass is 9.80. The summed E-state index contributed by atoms with van der Waals surface area (Å²) in [6, 6.07) is 4.81. The predicted octanol–water partition coefficient (Wildman–Crippen LogP) is 2.99. The van der Waals surface area contributed by atoms with Gasteiger partial charge in [-0.15, -0.1) is 0 Å². The summed E-state index contributed by atoms with van der Waals surface area (Å²) in [7, 11) is 0. The summed E-state index contributed by atoms with van der Waals surface area (Å²) in [5.74, 6) is 1.18. The van der Waals surface area contributed by atoms with Crippen LogP contribution >= 0.6 is 0 Å². The molecule has 0 amide bonds. The lowest BCUT2D eigenvalue weighted by Crippen LogP contribution is -2.40. The first-order chi connectivity index (χ1) is 10.3. The van der Waals surface area contributed by atoms with Crippen LogP contribution in [-0.4, -0.2) is 22.9 Å². The highest BCUT2D eigenvalue weighted by Crippen LogP contribution is 2.37. The van der Waals surface area contributed by atoms with Crippen molar-refractivity contribution >= 4 is 5.78 Å². The van der Waals surface area contributed by atoms with Crippen LogP contribution in [0, 0.1) is 5.92 Å². The number of hydrogen-bond acceptors (Lipinski definition) is 3. The molecule has 1 aromatic heterocycles. The molecule has 1 N–H and O–H groups in total. The molecule has 21 heavy (non-hydrogen) atoms. The standard InChI is InChI=1S/C18H24N2O/c21-18(16-11-13-5-1-2-9-15(13)20-16)14-8-3-6-12-7-4-10-19-17(12)14/h4,7,10,13-16,20H,1-3,5-6,8-9,11H2. The molecule has 4 rings (SSSR count). The van der Waals surface area contributed by atoms with Gasteiger partial charge in [0.1, 0.15) is 0 Å². The average Bonchev–Trinajstić information content (AvgIpc) is 2.97. The number of aromatic nitrogens is 1. The normalized spacial score (nSPS) is 35.0. The number of ketones is 1. The minimum atomic E-state index is 0.0348. The SMILES string of the molecule is O=C(C1CC2CCCCC2N1)C1CCCc2cccnc21. The van der Waals surface area contributed by atoms with E-state index >= 15 is 0 Å². The fourth-order valence-corrected chi connectivity index (χ4v) is 4.67. The van der Waals surface area contributed by atoms with Gasteiger partial charge in [0.15, 0.2) is 5.78 Å². The first-order valence-corrected chi connectivity index (χ1v) is 8.56. The number of hydrogen-bond donors (Lipinski definition) is 1. The molecule has 0 bridgehead atoms. The van der Waals surface area contributed by atoms with E-state index in [9.17, 15) is 4.79 Å². The van der Waals surface area contributed by atoms with E-state index in [2.05, 4.69) is 16.4 Å². The predicted molar refractivity (Wildman–Crippen MR) is 82.2 cm³/mol. The van der Waals surface area contributed by atoms with Crippen molar-refractivity contribution in [2.24, 2.45) is 5.92 Å². The van der Waals surface area contributed by atoms with Gasteiger partial charge in [-0.3, -0.25) is 9.78 Å². The average molecular weight is 284 g/mol. The smallest absolute Gasteiger partial charge is 0.158 e. The molecule has 2 aliphatic carbocycles. The van der Waals surface area contributed by atoms with Crippen LogP contribution in [0.15, 0.2) is 18.3 Å². The molecule has 0 aromatic carbocycles. The molecular formula is C18H24N2O. The number of pyridine rings is 1. The Balaban J connectivity index is 1.53. The number of carbonyl (C=O) groups excluding carboxylic acids is 1. The van der Waals surface area contributed by atoms with E-state index in [0.29, 0.717) is 11.8 Å². The quantitative estimate of drug-likeness (QED) is 0.908. The minimum absolute atomic E-state index is 0.0348. The Labute approximate surface area is 126 Å². The number of nitrogens with one attached hydrogen (secondary N) is 1. The maximum Gasteiger partial charge on any atom is 0.158 e. The highest BCUT2D eigenvalue weighted by atomic mass is 16.1. The zero-order chi connectivity index (χ0) is 14.2. The summed E-state index contributed by atoms with van der Waals surface area (Å²) in [6.07, 6.45) is 11.3. The van der Waals surface area contributed by atoms with Gasteiger partial charge >= 0.3 is 0 Å². The summed E-state index contributed by atoms with van der Waals surface area (Å²) < 4.78 is 0. The maximum atomic E-state index is 13.0. The van der Waals surface area contributed by atoms with Crippen LogP contribution in [0.3, 0.4) is 0 Å². The van der Waals surface area contributed by atoms with Crippen LogP contribution in [0.5, 0.6) is 0 Å². The van der Waals surface area contributed by atoms with E-state index < -0.39 is 0 Å². The van der Waals surface area contributed by atoms with Gasteiger partial charge < -0.3 is 5.32 Å². The van der Waals surface area contributed by atoms with Gasteiger partial charge in [0, 0.05) is 12.2 Å². The fourth-order valence-electron chi connectivity index (χ4n) is 4.67. The Bertz CT molecular complexity index is 528. The molecule has 3 aliphatic rings. The van der Waals surface area contributed by atoms with E-state index in [1.54, 1.807) is 0 Å². The number of carbonyl (C=O) groups is 1. The summed E-state index contributed by atoms with van der Waals surface area (Å²) in [6.45, 7) is 0. The van der Waals surface area contributed by atoms with Crippen molar-refractivity contribution in [2.45, 2.75) is 69.4 Å². The number of Topliss-reactive ketones (excluding diaryl/α,β-unsaturated/α-hetero) is 1. The van der Waals surface area contributed by atoms with Crippen LogP contribution in [0.2, 0.25) is 0 Å². The number of fused-ring (bicyclic) bond motifs is 2.